The van der Waals surface area contributed by atoms with Gasteiger partial charge < -0.3 is 15.3 Å². The van der Waals surface area contributed by atoms with Crippen LogP contribution in [0.2, 0.25) is 0 Å². The van der Waals surface area contributed by atoms with Gasteiger partial charge in [-0.15, -0.1) is 0 Å². The highest BCUT2D eigenvalue weighted by molar-refractivity contribution is 5.89. The highest BCUT2D eigenvalue weighted by atomic mass is 16.4. The van der Waals surface area contributed by atoms with Crippen LogP contribution in [-0.2, 0) is 14.4 Å². The van der Waals surface area contributed by atoms with Crippen molar-refractivity contribution in [3.8, 4) is 0 Å². The number of hydrogen-bond acceptors (Lipinski definition) is 3. The van der Waals surface area contributed by atoms with E-state index in [1.165, 1.54) is 0 Å². The van der Waals surface area contributed by atoms with Crippen LogP contribution in [0.4, 0.5) is 0 Å². The van der Waals surface area contributed by atoms with E-state index in [4.69, 9.17) is 5.11 Å². The molecule has 0 aromatic carbocycles. The van der Waals surface area contributed by atoms with Gasteiger partial charge in [-0.1, -0.05) is 12.8 Å². The number of amides is 2. The maximum Gasteiger partial charge on any atom is 0.308 e. The molecule has 0 aromatic heterocycles. The van der Waals surface area contributed by atoms with Crippen LogP contribution in [0.3, 0.4) is 0 Å². The SMILES string of the molecule is CN1CC(C(=O)NC2CCCCC2C(=O)O)CC1=O. The number of carbonyl (C=O) groups is 3. The lowest BCUT2D eigenvalue weighted by molar-refractivity contribution is -0.144. The van der Waals surface area contributed by atoms with Crippen molar-refractivity contribution < 1.29 is 19.5 Å². The Morgan fingerprint density at radius 1 is 1.32 bits per heavy atom. The minimum Gasteiger partial charge on any atom is -0.481 e. The molecule has 1 heterocycles. The smallest absolute Gasteiger partial charge is 0.308 e. The highest BCUT2D eigenvalue weighted by Gasteiger charge is 2.36. The van der Waals surface area contributed by atoms with E-state index in [-0.39, 0.29) is 30.2 Å². The lowest BCUT2D eigenvalue weighted by Crippen LogP contribution is -2.47. The first-order valence-electron chi connectivity index (χ1n) is 6.76. The largest absolute Gasteiger partial charge is 0.481 e. The van der Waals surface area contributed by atoms with Crippen LogP contribution in [-0.4, -0.2) is 47.4 Å². The van der Waals surface area contributed by atoms with Gasteiger partial charge >= 0.3 is 5.97 Å². The van der Waals surface area contributed by atoms with Gasteiger partial charge in [0.25, 0.3) is 0 Å². The fourth-order valence-electron chi connectivity index (χ4n) is 2.94. The first-order chi connectivity index (χ1) is 8.99. The van der Waals surface area contributed by atoms with Gasteiger partial charge in [0.1, 0.15) is 0 Å². The predicted octanol–water partition coefficient (Wildman–Crippen LogP) is 0.224. The van der Waals surface area contributed by atoms with E-state index in [9.17, 15) is 14.4 Å². The number of carboxylic acids is 1. The Balaban J connectivity index is 1.94. The molecule has 1 saturated carbocycles. The van der Waals surface area contributed by atoms with Crippen LogP contribution in [0.1, 0.15) is 32.1 Å². The number of rotatable bonds is 3. The Labute approximate surface area is 112 Å². The molecule has 19 heavy (non-hydrogen) atoms. The molecule has 1 aliphatic heterocycles. The number of nitrogens with one attached hydrogen (secondary N) is 1. The molecule has 2 amide bonds. The Morgan fingerprint density at radius 3 is 2.58 bits per heavy atom. The highest BCUT2D eigenvalue weighted by Crippen LogP contribution is 2.25. The van der Waals surface area contributed by atoms with Crippen LogP contribution >= 0.6 is 0 Å². The van der Waals surface area contributed by atoms with Gasteiger partial charge in [0, 0.05) is 26.1 Å². The Bertz CT molecular complexity index is 396. The fourth-order valence-corrected chi connectivity index (χ4v) is 2.94. The van der Waals surface area contributed by atoms with E-state index in [0.717, 1.165) is 12.8 Å². The molecule has 1 saturated heterocycles. The molecule has 0 spiro atoms. The molecule has 3 atom stereocenters. The minimum atomic E-state index is -0.843. The summed E-state index contributed by atoms with van der Waals surface area (Å²) in [5.41, 5.74) is 0. The van der Waals surface area contributed by atoms with Crippen LogP contribution in [0.5, 0.6) is 0 Å². The van der Waals surface area contributed by atoms with Gasteiger partial charge in [-0.05, 0) is 12.8 Å². The third-order valence-electron chi connectivity index (χ3n) is 4.12. The van der Waals surface area contributed by atoms with Gasteiger partial charge in [-0.25, -0.2) is 0 Å². The van der Waals surface area contributed by atoms with Crippen LogP contribution in [0, 0.1) is 11.8 Å². The zero-order valence-electron chi connectivity index (χ0n) is 11.1. The summed E-state index contributed by atoms with van der Waals surface area (Å²) >= 11 is 0. The van der Waals surface area contributed by atoms with E-state index in [0.29, 0.717) is 19.4 Å². The van der Waals surface area contributed by atoms with Gasteiger partial charge in [0.2, 0.25) is 11.8 Å². The molecular weight excluding hydrogens is 248 g/mol. The molecule has 0 radical (unpaired) electrons. The van der Waals surface area contributed by atoms with Gasteiger partial charge in [-0.2, -0.15) is 0 Å². The van der Waals surface area contributed by atoms with E-state index >= 15 is 0 Å². The number of likely N-dealkylation sites (tertiary alicyclic amines) is 1. The molecule has 106 valence electrons. The second-order valence-corrected chi connectivity index (χ2v) is 5.52. The van der Waals surface area contributed by atoms with Crippen molar-refractivity contribution >= 4 is 17.8 Å². The van der Waals surface area contributed by atoms with Crippen LogP contribution in [0.15, 0.2) is 0 Å². The molecule has 1 aliphatic carbocycles. The van der Waals surface area contributed by atoms with Crippen molar-refractivity contribution in [2.24, 2.45) is 11.8 Å². The summed E-state index contributed by atoms with van der Waals surface area (Å²) in [4.78, 5) is 36.2. The Morgan fingerprint density at radius 2 is 2.00 bits per heavy atom. The van der Waals surface area contributed by atoms with Crippen molar-refractivity contribution in [3.63, 3.8) is 0 Å². The number of aliphatic carboxylic acids is 1. The topological polar surface area (TPSA) is 86.7 Å². The Hall–Kier alpha value is -1.59. The molecule has 3 unspecified atom stereocenters. The summed E-state index contributed by atoms with van der Waals surface area (Å²) in [6.07, 6.45) is 3.39. The fraction of sp³-hybridized carbons (Fsp3) is 0.769. The number of carboxylic acid groups (broad SMARTS) is 1. The average molecular weight is 268 g/mol. The number of carbonyl (C=O) groups excluding carboxylic acids is 2. The maximum atomic E-state index is 12.1. The molecule has 2 N–H and O–H groups in total. The molecule has 0 bridgehead atoms. The molecular formula is C13H20N2O4. The summed E-state index contributed by atoms with van der Waals surface area (Å²) < 4.78 is 0. The summed E-state index contributed by atoms with van der Waals surface area (Å²) in [5.74, 6) is -1.89. The average Bonchev–Trinajstić information content (AvgIpc) is 2.70. The molecule has 0 aromatic rings. The van der Waals surface area contributed by atoms with Crippen molar-refractivity contribution in [2.45, 2.75) is 38.1 Å². The minimum absolute atomic E-state index is 0.0291. The monoisotopic (exact) mass is 268 g/mol. The zero-order chi connectivity index (χ0) is 14.0. The quantitative estimate of drug-likeness (QED) is 0.767. The van der Waals surface area contributed by atoms with E-state index in [2.05, 4.69) is 5.32 Å². The summed E-state index contributed by atoms with van der Waals surface area (Å²) in [7, 11) is 1.68. The Kier molecular flexibility index (Phi) is 4.07. The lowest BCUT2D eigenvalue weighted by Gasteiger charge is -2.30. The van der Waals surface area contributed by atoms with Crippen molar-refractivity contribution in [1.82, 2.24) is 10.2 Å². The maximum absolute atomic E-state index is 12.1. The zero-order valence-corrected chi connectivity index (χ0v) is 11.1. The normalized spacial score (nSPS) is 31.3. The summed E-state index contributed by atoms with van der Waals surface area (Å²) in [6.45, 7) is 0.426. The number of nitrogens with zero attached hydrogens (tertiary/aromatic N) is 1. The first kappa shape index (κ1) is 13.8. The number of hydrogen-bond donors (Lipinski definition) is 2. The third kappa shape index (κ3) is 3.05. The molecule has 6 heteroatoms. The molecule has 2 rings (SSSR count). The van der Waals surface area contributed by atoms with E-state index in [1.54, 1.807) is 11.9 Å². The second-order valence-electron chi connectivity index (χ2n) is 5.52. The standard InChI is InChI=1S/C13H20N2O4/c1-15-7-8(6-11(15)16)12(17)14-10-5-3-2-4-9(10)13(18)19/h8-10H,2-7H2,1H3,(H,14,17)(H,18,19). The second kappa shape index (κ2) is 5.59. The predicted molar refractivity (Wildman–Crippen MR) is 67.3 cm³/mol. The van der Waals surface area contributed by atoms with Gasteiger partial charge in [-0.3, -0.25) is 14.4 Å². The van der Waals surface area contributed by atoms with Crippen molar-refractivity contribution in [2.75, 3.05) is 13.6 Å². The van der Waals surface area contributed by atoms with Crippen LogP contribution < -0.4 is 5.32 Å². The summed E-state index contributed by atoms with van der Waals surface area (Å²) in [5, 5.41) is 12.0. The van der Waals surface area contributed by atoms with Crippen molar-refractivity contribution in [3.05, 3.63) is 0 Å². The molecule has 2 fully saturated rings. The first-order valence-corrected chi connectivity index (χ1v) is 6.76. The lowest BCUT2D eigenvalue weighted by atomic mass is 9.84. The van der Waals surface area contributed by atoms with Crippen LogP contribution in [0.25, 0.3) is 0 Å². The van der Waals surface area contributed by atoms with E-state index in [1.807, 2.05) is 0 Å². The molecule has 2 aliphatic rings. The van der Waals surface area contributed by atoms with E-state index < -0.39 is 11.9 Å². The summed E-state index contributed by atoms with van der Waals surface area (Å²) in [6, 6.07) is -0.292. The van der Waals surface area contributed by atoms with Gasteiger partial charge in [0.15, 0.2) is 0 Å². The molecule has 6 nitrogen and oxygen atoms in total. The van der Waals surface area contributed by atoms with Gasteiger partial charge in [0.05, 0.1) is 11.8 Å². The van der Waals surface area contributed by atoms with Crippen molar-refractivity contribution in [1.29, 1.82) is 0 Å². The third-order valence-corrected chi connectivity index (χ3v) is 4.12.